The second-order valence-electron chi connectivity index (χ2n) is 15.0. The Bertz CT molecular complexity index is 2100. The third-order valence-electron chi connectivity index (χ3n) is 11.3. The molecule has 1 saturated heterocycles. The van der Waals surface area contributed by atoms with Crippen LogP contribution in [-0.2, 0) is 25.7 Å². The second kappa shape index (κ2) is 17.6. The summed E-state index contributed by atoms with van der Waals surface area (Å²) in [4.78, 5) is 90.9. The van der Waals surface area contributed by atoms with Crippen LogP contribution in [0.15, 0.2) is 42.6 Å². The summed E-state index contributed by atoms with van der Waals surface area (Å²) in [5.74, 6) is -0.0270. The van der Waals surface area contributed by atoms with Crippen molar-refractivity contribution in [1.82, 2.24) is 30.8 Å². The molecule has 1 aliphatic carbocycles. The largest absolute Gasteiger partial charge is 0.495 e. The van der Waals surface area contributed by atoms with Gasteiger partial charge < -0.3 is 40.7 Å². The number of ether oxygens (including phenoxy) is 1. The number of imide groups is 1. The van der Waals surface area contributed by atoms with E-state index < -0.39 is 11.9 Å². The van der Waals surface area contributed by atoms with Crippen LogP contribution >= 0.6 is 0 Å². The van der Waals surface area contributed by atoms with Crippen LogP contribution in [0.3, 0.4) is 0 Å². The lowest BCUT2D eigenvalue weighted by atomic mass is 10.0. The molecule has 2 aromatic carbocycles. The van der Waals surface area contributed by atoms with Crippen molar-refractivity contribution in [3.63, 3.8) is 0 Å². The van der Waals surface area contributed by atoms with Crippen LogP contribution in [-0.4, -0.2) is 102 Å². The highest BCUT2D eigenvalue weighted by molar-refractivity contribution is 6.07. The first kappa shape index (κ1) is 40.1. The SMILES string of the molecule is CC[C@@H]1C(=O)N(C)c2cnc(Nc3ccc(C(=O)NCCNCCCC(=O)Nc4cccc5c4CN(C4CCC(=O)NC4=O)C5=O)cc3OC)nc2N1C1CCCC1. The minimum atomic E-state index is -0.732. The standard InChI is InChI=1S/C41H50N10O7/c1-4-30-40(57)49(2)32-22-44-41(48-36(32)51(30)25-9-5-6-10-25)46-29-15-14-24(21-33(29)58-3)37(54)43-20-19-42-18-8-13-34(52)45-28-12-7-11-26-27(28)23-50(39(26)56)31-16-17-35(53)47-38(31)55/h7,11-12,14-15,21-22,25,30-31,42H,4-6,8-10,13,16-20,23H2,1-3H3,(H,43,54)(H,45,52)(H,44,46,48)(H,47,53,55)/t30-,31?/m1/s1. The fourth-order valence-electron chi connectivity index (χ4n) is 8.28. The zero-order chi connectivity index (χ0) is 40.9. The number of aromatic nitrogens is 2. The second-order valence-corrected chi connectivity index (χ2v) is 15.0. The molecule has 6 amide bonds. The van der Waals surface area contributed by atoms with Crippen molar-refractivity contribution in [2.24, 2.45) is 0 Å². The van der Waals surface area contributed by atoms with Crippen molar-refractivity contribution >= 4 is 64.3 Å². The van der Waals surface area contributed by atoms with Gasteiger partial charge in [-0.3, -0.25) is 34.1 Å². The summed E-state index contributed by atoms with van der Waals surface area (Å²) >= 11 is 0. The number of nitrogens with one attached hydrogen (secondary N) is 5. The van der Waals surface area contributed by atoms with Crippen LogP contribution in [0.4, 0.5) is 28.8 Å². The Kier molecular flexibility index (Phi) is 12.2. The van der Waals surface area contributed by atoms with Crippen molar-refractivity contribution in [2.45, 2.75) is 89.4 Å². The summed E-state index contributed by atoms with van der Waals surface area (Å²) < 4.78 is 5.63. The number of hydrogen-bond acceptors (Lipinski definition) is 12. The van der Waals surface area contributed by atoms with E-state index in [-0.39, 0.29) is 67.4 Å². The molecular weight excluding hydrogens is 745 g/mol. The van der Waals surface area contributed by atoms with Crippen LogP contribution in [0.5, 0.6) is 5.75 Å². The number of fused-ring (bicyclic) bond motifs is 2. The van der Waals surface area contributed by atoms with E-state index in [1.807, 2.05) is 6.92 Å². The number of likely N-dealkylation sites (N-methyl/N-ethyl adjacent to an activating group) is 1. The molecule has 1 unspecified atom stereocenters. The summed E-state index contributed by atoms with van der Waals surface area (Å²) in [6.07, 6.45) is 7.86. The minimum Gasteiger partial charge on any atom is -0.495 e. The van der Waals surface area contributed by atoms with Gasteiger partial charge in [0.25, 0.3) is 11.8 Å². The lowest BCUT2D eigenvalue weighted by molar-refractivity contribution is -0.137. The summed E-state index contributed by atoms with van der Waals surface area (Å²) in [5, 5.41) is 14.6. The molecule has 1 aromatic heterocycles. The summed E-state index contributed by atoms with van der Waals surface area (Å²) in [7, 11) is 3.29. The molecule has 3 aromatic rings. The normalized spacial score (nSPS) is 19.2. The van der Waals surface area contributed by atoms with Gasteiger partial charge in [0.2, 0.25) is 29.6 Å². The molecule has 4 heterocycles. The molecule has 5 N–H and O–H groups in total. The number of hydrogen-bond donors (Lipinski definition) is 5. The summed E-state index contributed by atoms with van der Waals surface area (Å²) in [6.45, 7) is 3.59. The molecule has 306 valence electrons. The molecule has 0 bridgehead atoms. The van der Waals surface area contributed by atoms with E-state index in [0.29, 0.717) is 77.9 Å². The molecule has 0 spiro atoms. The van der Waals surface area contributed by atoms with E-state index in [0.717, 1.165) is 31.5 Å². The average molecular weight is 795 g/mol. The summed E-state index contributed by atoms with van der Waals surface area (Å²) in [6, 6.07) is 9.42. The van der Waals surface area contributed by atoms with Crippen molar-refractivity contribution in [3.05, 3.63) is 59.3 Å². The quantitative estimate of drug-likeness (QED) is 0.111. The van der Waals surface area contributed by atoms with Gasteiger partial charge in [0.15, 0.2) is 5.82 Å². The maximum atomic E-state index is 13.2. The van der Waals surface area contributed by atoms with Gasteiger partial charge in [-0.1, -0.05) is 25.8 Å². The fraction of sp³-hybridized carbons (Fsp3) is 0.463. The number of carbonyl (C=O) groups is 6. The fourth-order valence-corrected chi connectivity index (χ4v) is 8.28. The van der Waals surface area contributed by atoms with E-state index in [2.05, 4.69) is 36.5 Å². The molecule has 3 aliphatic heterocycles. The van der Waals surface area contributed by atoms with Crippen LogP contribution in [0.25, 0.3) is 0 Å². The van der Waals surface area contributed by atoms with Gasteiger partial charge in [0.1, 0.15) is 23.5 Å². The predicted molar refractivity (Wildman–Crippen MR) is 216 cm³/mol. The molecule has 2 fully saturated rings. The van der Waals surface area contributed by atoms with Gasteiger partial charge in [0, 0.05) is 67.9 Å². The van der Waals surface area contributed by atoms with Crippen molar-refractivity contribution in [1.29, 1.82) is 0 Å². The topological polar surface area (TPSA) is 207 Å². The van der Waals surface area contributed by atoms with Crippen LogP contribution in [0.2, 0.25) is 0 Å². The van der Waals surface area contributed by atoms with Gasteiger partial charge in [-0.25, -0.2) is 4.98 Å². The molecule has 2 atom stereocenters. The van der Waals surface area contributed by atoms with E-state index in [1.54, 1.807) is 54.5 Å². The van der Waals surface area contributed by atoms with E-state index >= 15 is 0 Å². The number of nitrogens with zero attached hydrogens (tertiary/aromatic N) is 5. The highest BCUT2D eigenvalue weighted by atomic mass is 16.5. The van der Waals surface area contributed by atoms with Crippen LogP contribution < -0.4 is 41.1 Å². The smallest absolute Gasteiger partial charge is 0.255 e. The maximum absolute atomic E-state index is 13.2. The number of benzene rings is 2. The first-order chi connectivity index (χ1) is 28.1. The number of methoxy groups -OCH3 is 1. The monoisotopic (exact) mass is 794 g/mol. The van der Waals surface area contributed by atoms with Gasteiger partial charge in [0.05, 0.1) is 19.0 Å². The van der Waals surface area contributed by atoms with Crippen molar-refractivity contribution in [2.75, 3.05) is 54.2 Å². The molecule has 7 rings (SSSR count). The number of rotatable bonds is 15. The Balaban J connectivity index is 0.861. The Morgan fingerprint density at radius 1 is 1.00 bits per heavy atom. The lowest BCUT2D eigenvalue weighted by Crippen LogP contribution is -2.55. The molecule has 1 saturated carbocycles. The number of carbonyl (C=O) groups excluding carboxylic acids is 6. The molecule has 4 aliphatic rings. The van der Waals surface area contributed by atoms with Crippen molar-refractivity contribution in [3.8, 4) is 5.75 Å². The van der Waals surface area contributed by atoms with E-state index in [9.17, 15) is 28.8 Å². The molecule has 58 heavy (non-hydrogen) atoms. The number of piperidine rings is 1. The Morgan fingerprint density at radius 3 is 2.57 bits per heavy atom. The van der Waals surface area contributed by atoms with Gasteiger partial charge in [-0.2, -0.15) is 4.98 Å². The third kappa shape index (κ3) is 8.30. The predicted octanol–water partition coefficient (Wildman–Crippen LogP) is 3.23. The highest BCUT2D eigenvalue weighted by Gasteiger charge is 2.42. The average Bonchev–Trinajstić information content (AvgIpc) is 3.87. The first-order valence-electron chi connectivity index (χ1n) is 20.0. The van der Waals surface area contributed by atoms with Gasteiger partial charge in [-0.05, 0) is 69.0 Å². The van der Waals surface area contributed by atoms with Crippen LogP contribution in [0, 0.1) is 0 Å². The molecule has 17 heteroatoms. The number of anilines is 5. The van der Waals surface area contributed by atoms with E-state index in [1.165, 1.54) is 12.0 Å². The Labute approximate surface area is 336 Å². The first-order valence-corrected chi connectivity index (χ1v) is 20.0. The highest BCUT2D eigenvalue weighted by Crippen LogP contribution is 2.40. The lowest BCUT2D eigenvalue weighted by Gasteiger charge is -2.43. The van der Waals surface area contributed by atoms with E-state index in [4.69, 9.17) is 9.72 Å². The number of amides is 6. The summed E-state index contributed by atoms with van der Waals surface area (Å²) in [5.41, 5.74) is 3.29. The zero-order valence-electron chi connectivity index (χ0n) is 33.1. The Morgan fingerprint density at radius 2 is 1.81 bits per heavy atom. The Hall–Kier alpha value is -6.10. The van der Waals surface area contributed by atoms with Gasteiger partial charge >= 0.3 is 0 Å². The maximum Gasteiger partial charge on any atom is 0.255 e. The zero-order valence-corrected chi connectivity index (χ0v) is 33.1. The minimum absolute atomic E-state index is 0.0507. The van der Waals surface area contributed by atoms with Crippen LogP contribution in [0.1, 0.15) is 91.0 Å². The molecule has 0 radical (unpaired) electrons. The van der Waals surface area contributed by atoms with Gasteiger partial charge in [-0.15, -0.1) is 0 Å². The molecule has 17 nitrogen and oxygen atoms in total. The van der Waals surface area contributed by atoms with Crippen molar-refractivity contribution < 1.29 is 33.5 Å². The molecular formula is C41H50N10O7. The third-order valence-corrected chi connectivity index (χ3v) is 11.3.